The van der Waals surface area contributed by atoms with E-state index in [-0.39, 0.29) is 27.6 Å². The van der Waals surface area contributed by atoms with Crippen LogP contribution in [-0.2, 0) is 20.0 Å². The Morgan fingerprint density at radius 2 is 1.84 bits per heavy atom. The maximum atomic E-state index is 12.9. The number of nitrogens with zero attached hydrogens (tertiary/aromatic N) is 2. The third kappa shape index (κ3) is 4.59. The van der Waals surface area contributed by atoms with Crippen molar-refractivity contribution >= 4 is 37.3 Å². The van der Waals surface area contributed by atoms with Gasteiger partial charge in [0.05, 0.1) is 22.0 Å². The Balaban J connectivity index is 1.92. The van der Waals surface area contributed by atoms with Gasteiger partial charge in [-0.25, -0.2) is 16.8 Å². The molecule has 9 nitrogen and oxygen atoms in total. The van der Waals surface area contributed by atoms with Gasteiger partial charge in [-0.2, -0.15) is 4.31 Å². The number of sulfonamides is 2. The highest BCUT2D eigenvalue weighted by atomic mass is 32.2. The van der Waals surface area contributed by atoms with E-state index in [0.29, 0.717) is 37.3 Å². The highest BCUT2D eigenvalue weighted by Crippen LogP contribution is 2.32. The summed E-state index contributed by atoms with van der Waals surface area (Å²) < 4.78 is 52.8. The van der Waals surface area contributed by atoms with Crippen molar-refractivity contribution < 1.29 is 26.7 Å². The van der Waals surface area contributed by atoms with Crippen molar-refractivity contribution in [3.05, 3.63) is 47.5 Å². The fourth-order valence-corrected chi connectivity index (χ4v) is 6.89. The van der Waals surface area contributed by atoms with Crippen LogP contribution in [0.2, 0.25) is 0 Å². The average Bonchev–Trinajstić information content (AvgIpc) is 3.09. The summed E-state index contributed by atoms with van der Waals surface area (Å²) >= 11 is 0. The van der Waals surface area contributed by atoms with E-state index in [1.165, 1.54) is 38.9 Å². The summed E-state index contributed by atoms with van der Waals surface area (Å²) in [6, 6.07) is 8.52. The number of benzene rings is 2. The molecule has 174 valence electrons. The van der Waals surface area contributed by atoms with Crippen LogP contribution in [0.5, 0.6) is 5.75 Å². The summed E-state index contributed by atoms with van der Waals surface area (Å²) in [7, 11) is -7.19. The highest BCUT2D eigenvalue weighted by Gasteiger charge is 2.29. The molecule has 0 radical (unpaired) electrons. The highest BCUT2D eigenvalue weighted by molar-refractivity contribution is 7.93. The SMILES string of the molecule is CCN(CC)S(=O)(=O)c1cc(C(=O)Nc2cc(N3CCCS3(=O)=O)ccc2O)ccc1C. The number of phenolic OH excluding ortho intramolecular Hbond substituents is 1. The first-order valence-corrected chi connectivity index (χ1v) is 13.3. The number of hydrogen-bond donors (Lipinski definition) is 2. The van der Waals surface area contributed by atoms with E-state index in [4.69, 9.17) is 0 Å². The Bertz CT molecular complexity index is 1240. The molecule has 0 unspecified atom stereocenters. The third-order valence-corrected chi connectivity index (χ3v) is 9.45. The van der Waals surface area contributed by atoms with Crippen LogP contribution < -0.4 is 9.62 Å². The zero-order chi connectivity index (χ0) is 23.7. The number of anilines is 2. The fourth-order valence-electron chi connectivity index (χ4n) is 3.63. The number of aromatic hydroxyl groups is 1. The lowest BCUT2D eigenvalue weighted by Crippen LogP contribution is -2.31. The second-order valence-electron chi connectivity index (χ2n) is 7.47. The zero-order valence-corrected chi connectivity index (χ0v) is 19.8. The van der Waals surface area contributed by atoms with Crippen molar-refractivity contribution in [3.8, 4) is 5.75 Å². The van der Waals surface area contributed by atoms with Gasteiger partial charge in [-0.15, -0.1) is 0 Å². The molecule has 1 aliphatic rings. The summed E-state index contributed by atoms with van der Waals surface area (Å²) in [5, 5.41) is 12.7. The molecule has 1 fully saturated rings. The number of aryl methyl sites for hydroxylation is 1. The Kier molecular flexibility index (Phi) is 6.82. The number of carbonyl (C=O) groups is 1. The number of amides is 1. The normalized spacial score (nSPS) is 15.8. The molecule has 0 spiro atoms. The van der Waals surface area contributed by atoms with Crippen LogP contribution in [0.25, 0.3) is 0 Å². The average molecular weight is 482 g/mol. The fraction of sp³-hybridized carbons (Fsp3) is 0.381. The van der Waals surface area contributed by atoms with Crippen molar-refractivity contribution in [2.75, 3.05) is 35.0 Å². The number of nitrogens with one attached hydrogen (secondary N) is 1. The van der Waals surface area contributed by atoms with Gasteiger partial charge in [-0.1, -0.05) is 19.9 Å². The Labute approximate surface area is 188 Å². The third-order valence-electron chi connectivity index (χ3n) is 5.39. The number of phenols is 1. The van der Waals surface area contributed by atoms with E-state index in [1.54, 1.807) is 26.8 Å². The molecule has 2 N–H and O–H groups in total. The molecule has 32 heavy (non-hydrogen) atoms. The standard InChI is InChI=1S/C21H27N3O6S2/c1-4-23(5-2)32(29,30)20-13-16(8-7-15(20)3)21(26)22-18-14-17(9-10-19(18)25)24-11-6-12-31(24,27)28/h7-10,13-14,25H,4-6,11-12H2,1-3H3,(H,22,26). The van der Waals surface area contributed by atoms with E-state index in [0.717, 1.165) is 0 Å². The molecule has 2 aromatic carbocycles. The molecule has 0 aliphatic carbocycles. The predicted molar refractivity (Wildman–Crippen MR) is 123 cm³/mol. The molecule has 1 aliphatic heterocycles. The smallest absolute Gasteiger partial charge is 0.255 e. The lowest BCUT2D eigenvalue weighted by molar-refractivity contribution is 0.102. The first-order valence-electron chi connectivity index (χ1n) is 10.3. The summed E-state index contributed by atoms with van der Waals surface area (Å²) in [5.74, 6) is -0.817. The van der Waals surface area contributed by atoms with Gasteiger partial charge < -0.3 is 10.4 Å². The Hall–Kier alpha value is -2.63. The maximum Gasteiger partial charge on any atom is 0.255 e. The van der Waals surface area contributed by atoms with Crippen LogP contribution in [0.3, 0.4) is 0 Å². The van der Waals surface area contributed by atoms with Gasteiger partial charge in [0.15, 0.2) is 0 Å². The maximum absolute atomic E-state index is 12.9. The first kappa shape index (κ1) is 24.0. The Morgan fingerprint density at radius 3 is 2.44 bits per heavy atom. The number of carbonyl (C=O) groups excluding carboxylic acids is 1. The van der Waals surface area contributed by atoms with E-state index in [2.05, 4.69) is 5.32 Å². The quantitative estimate of drug-likeness (QED) is 0.586. The van der Waals surface area contributed by atoms with Gasteiger partial charge in [0, 0.05) is 25.2 Å². The lowest BCUT2D eigenvalue weighted by Gasteiger charge is -2.20. The summed E-state index contributed by atoms with van der Waals surface area (Å²) in [5.41, 5.74) is 0.977. The van der Waals surface area contributed by atoms with Crippen LogP contribution in [0.4, 0.5) is 11.4 Å². The van der Waals surface area contributed by atoms with E-state index >= 15 is 0 Å². The van der Waals surface area contributed by atoms with Gasteiger partial charge in [0.2, 0.25) is 20.0 Å². The molecular weight excluding hydrogens is 454 g/mol. The summed E-state index contributed by atoms with van der Waals surface area (Å²) in [6.07, 6.45) is 0.498. The molecule has 1 saturated heterocycles. The van der Waals surface area contributed by atoms with Crippen molar-refractivity contribution in [2.24, 2.45) is 0 Å². The summed E-state index contributed by atoms with van der Waals surface area (Å²) in [4.78, 5) is 12.9. The van der Waals surface area contributed by atoms with Crippen LogP contribution in [0.15, 0.2) is 41.3 Å². The van der Waals surface area contributed by atoms with E-state index in [1.807, 2.05) is 0 Å². The zero-order valence-electron chi connectivity index (χ0n) is 18.2. The largest absolute Gasteiger partial charge is 0.506 e. The minimum absolute atomic E-state index is 0.0309. The Morgan fingerprint density at radius 1 is 1.16 bits per heavy atom. The van der Waals surface area contributed by atoms with Crippen molar-refractivity contribution in [3.63, 3.8) is 0 Å². The molecular formula is C21H27N3O6S2. The van der Waals surface area contributed by atoms with Crippen LogP contribution in [0, 0.1) is 6.92 Å². The van der Waals surface area contributed by atoms with Crippen LogP contribution in [0.1, 0.15) is 36.2 Å². The second kappa shape index (κ2) is 9.08. The van der Waals surface area contributed by atoms with Gasteiger partial charge >= 0.3 is 0 Å². The van der Waals surface area contributed by atoms with Crippen LogP contribution in [-0.4, -0.2) is 57.5 Å². The molecule has 0 aromatic heterocycles. The van der Waals surface area contributed by atoms with Gasteiger partial charge in [0.25, 0.3) is 5.91 Å². The summed E-state index contributed by atoms with van der Waals surface area (Å²) in [6.45, 7) is 6.06. The molecule has 2 aromatic rings. The minimum atomic E-state index is -3.77. The molecule has 0 saturated carbocycles. The molecule has 1 heterocycles. The number of rotatable bonds is 7. The second-order valence-corrected chi connectivity index (χ2v) is 11.4. The van der Waals surface area contributed by atoms with Gasteiger partial charge in [-0.05, 0) is 49.2 Å². The van der Waals surface area contributed by atoms with E-state index in [9.17, 15) is 26.7 Å². The predicted octanol–water partition coefficient (Wildman–Crippen LogP) is 2.52. The van der Waals surface area contributed by atoms with Crippen molar-refractivity contribution in [1.82, 2.24) is 4.31 Å². The molecule has 0 bridgehead atoms. The van der Waals surface area contributed by atoms with Crippen LogP contribution >= 0.6 is 0 Å². The van der Waals surface area contributed by atoms with Gasteiger partial charge in [0.1, 0.15) is 5.75 Å². The molecule has 11 heteroatoms. The topological polar surface area (TPSA) is 124 Å². The monoisotopic (exact) mass is 481 g/mol. The van der Waals surface area contributed by atoms with Gasteiger partial charge in [-0.3, -0.25) is 9.10 Å². The number of hydrogen-bond acceptors (Lipinski definition) is 6. The molecule has 0 atom stereocenters. The molecule has 3 rings (SSSR count). The lowest BCUT2D eigenvalue weighted by atomic mass is 10.1. The van der Waals surface area contributed by atoms with Crippen molar-refractivity contribution in [1.29, 1.82) is 0 Å². The molecule has 1 amide bonds. The van der Waals surface area contributed by atoms with E-state index < -0.39 is 26.0 Å². The first-order chi connectivity index (χ1) is 15.0. The minimum Gasteiger partial charge on any atom is -0.506 e. The van der Waals surface area contributed by atoms with Crippen molar-refractivity contribution in [2.45, 2.75) is 32.1 Å².